The molecule has 0 aliphatic rings. The van der Waals surface area contributed by atoms with Crippen molar-refractivity contribution in [2.45, 2.75) is 0 Å². The van der Waals surface area contributed by atoms with E-state index in [2.05, 4.69) is 15.9 Å². The van der Waals surface area contributed by atoms with Crippen molar-refractivity contribution in [3.63, 3.8) is 0 Å². The molecule has 6 heteroatoms. The highest BCUT2D eigenvalue weighted by molar-refractivity contribution is 9.10. The predicted molar refractivity (Wildman–Crippen MR) is 78.0 cm³/mol. The molecule has 0 saturated carbocycles. The Hall–Kier alpha value is -1.85. The summed E-state index contributed by atoms with van der Waals surface area (Å²) in [5, 5.41) is 9.23. The number of benzene rings is 2. The number of ether oxygens (including phenoxy) is 1. The first-order chi connectivity index (χ1) is 9.52. The molecule has 0 radical (unpaired) electrons. The molecule has 4 nitrogen and oxygen atoms in total. The van der Waals surface area contributed by atoms with Gasteiger partial charge in [0.05, 0.1) is 5.02 Å². The second-order valence-corrected chi connectivity index (χ2v) is 5.08. The summed E-state index contributed by atoms with van der Waals surface area (Å²) >= 11 is 9.07. The predicted octanol–water partition coefficient (Wildman–Crippen LogP) is 4.41. The molecule has 20 heavy (non-hydrogen) atoms. The quantitative estimate of drug-likeness (QED) is 0.825. The minimum absolute atomic E-state index is 0.0859. The molecule has 0 aliphatic carbocycles. The Morgan fingerprint density at radius 3 is 2.70 bits per heavy atom. The molecule has 0 fully saturated rings. The third-order valence-corrected chi connectivity index (χ3v) is 3.55. The van der Waals surface area contributed by atoms with E-state index in [1.807, 2.05) is 0 Å². The summed E-state index contributed by atoms with van der Waals surface area (Å²) < 4.78 is 6.13. The molecule has 2 aromatic rings. The van der Waals surface area contributed by atoms with Crippen molar-refractivity contribution < 1.29 is 19.4 Å². The molecule has 2 rings (SSSR count). The van der Waals surface area contributed by atoms with Gasteiger partial charge in [-0.25, -0.2) is 4.79 Å². The van der Waals surface area contributed by atoms with Crippen molar-refractivity contribution in [2.75, 3.05) is 0 Å². The average Bonchev–Trinajstić information content (AvgIpc) is 2.40. The second kappa shape index (κ2) is 6.07. The van der Waals surface area contributed by atoms with Crippen LogP contribution in [0.15, 0.2) is 40.9 Å². The summed E-state index contributed by atoms with van der Waals surface area (Å²) in [6.45, 7) is 0. The topological polar surface area (TPSA) is 63.6 Å². The SMILES string of the molecule is O=Cc1cc(Oc2cccc(Cl)c2C(=O)O)ccc1Br. The molecular weight excluding hydrogens is 348 g/mol. The van der Waals surface area contributed by atoms with E-state index in [0.717, 1.165) is 0 Å². The minimum Gasteiger partial charge on any atom is -0.478 e. The lowest BCUT2D eigenvalue weighted by Crippen LogP contribution is -2.01. The molecule has 0 spiro atoms. The van der Waals surface area contributed by atoms with Crippen LogP contribution in [0.5, 0.6) is 11.5 Å². The zero-order chi connectivity index (χ0) is 14.7. The Morgan fingerprint density at radius 1 is 1.30 bits per heavy atom. The van der Waals surface area contributed by atoms with E-state index in [0.29, 0.717) is 22.1 Å². The maximum Gasteiger partial charge on any atom is 0.341 e. The first-order valence-electron chi connectivity index (χ1n) is 5.47. The first-order valence-corrected chi connectivity index (χ1v) is 6.64. The Morgan fingerprint density at radius 2 is 2.05 bits per heavy atom. The Kier molecular flexibility index (Phi) is 4.42. The third kappa shape index (κ3) is 3.00. The van der Waals surface area contributed by atoms with E-state index in [9.17, 15) is 9.59 Å². The molecule has 0 unspecified atom stereocenters. The zero-order valence-electron chi connectivity index (χ0n) is 9.97. The fourth-order valence-electron chi connectivity index (χ4n) is 1.60. The van der Waals surface area contributed by atoms with E-state index in [1.165, 1.54) is 18.2 Å². The highest BCUT2D eigenvalue weighted by Crippen LogP contribution is 2.31. The first kappa shape index (κ1) is 14.6. The zero-order valence-corrected chi connectivity index (χ0v) is 12.3. The highest BCUT2D eigenvalue weighted by atomic mass is 79.9. The van der Waals surface area contributed by atoms with Crippen molar-refractivity contribution >= 4 is 39.8 Å². The van der Waals surface area contributed by atoms with Crippen molar-refractivity contribution in [1.29, 1.82) is 0 Å². The Bertz CT molecular complexity index is 685. The van der Waals surface area contributed by atoms with Crippen LogP contribution in [0.2, 0.25) is 5.02 Å². The maximum absolute atomic E-state index is 11.2. The van der Waals surface area contributed by atoms with Crippen LogP contribution in [-0.2, 0) is 0 Å². The summed E-state index contributed by atoms with van der Waals surface area (Å²) in [4.78, 5) is 22.0. The number of hydrogen-bond acceptors (Lipinski definition) is 3. The van der Waals surface area contributed by atoms with Gasteiger partial charge in [0.15, 0.2) is 6.29 Å². The van der Waals surface area contributed by atoms with E-state index in [1.54, 1.807) is 18.2 Å². The summed E-state index contributed by atoms with van der Waals surface area (Å²) in [5.74, 6) is -0.720. The molecule has 102 valence electrons. The fourth-order valence-corrected chi connectivity index (χ4v) is 2.19. The molecular formula is C14H8BrClO4. The molecule has 1 N–H and O–H groups in total. The number of aldehydes is 1. The molecule has 0 aromatic heterocycles. The normalized spacial score (nSPS) is 10.1. The largest absolute Gasteiger partial charge is 0.478 e. The lowest BCUT2D eigenvalue weighted by molar-refractivity contribution is 0.0694. The van der Waals surface area contributed by atoms with E-state index in [4.69, 9.17) is 21.4 Å². The number of halogens is 2. The van der Waals surface area contributed by atoms with Crippen LogP contribution in [0.1, 0.15) is 20.7 Å². The van der Waals surface area contributed by atoms with Crippen LogP contribution < -0.4 is 4.74 Å². The molecule has 0 heterocycles. The van der Waals surface area contributed by atoms with Crippen LogP contribution in [0, 0.1) is 0 Å². The van der Waals surface area contributed by atoms with Gasteiger partial charge >= 0.3 is 5.97 Å². The van der Waals surface area contributed by atoms with Gasteiger partial charge in [-0.2, -0.15) is 0 Å². The van der Waals surface area contributed by atoms with Gasteiger partial charge < -0.3 is 9.84 Å². The fraction of sp³-hybridized carbons (Fsp3) is 0. The number of aromatic carboxylic acids is 1. The summed E-state index contributed by atoms with van der Waals surface area (Å²) in [7, 11) is 0. The van der Waals surface area contributed by atoms with E-state index >= 15 is 0 Å². The molecule has 0 bridgehead atoms. The van der Waals surface area contributed by atoms with Gasteiger partial charge in [0.25, 0.3) is 0 Å². The summed E-state index contributed by atoms with van der Waals surface area (Å²) in [6.07, 6.45) is 0.674. The summed E-state index contributed by atoms with van der Waals surface area (Å²) in [5.41, 5.74) is 0.283. The molecule has 2 aromatic carbocycles. The average molecular weight is 356 g/mol. The van der Waals surface area contributed by atoms with Crippen LogP contribution in [-0.4, -0.2) is 17.4 Å². The van der Waals surface area contributed by atoms with Crippen molar-refractivity contribution in [3.05, 3.63) is 57.0 Å². The van der Waals surface area contributed by atoms with Crippen LogP contribution in [0.4, 0.5) is 0 Å². The lowest BCUT2D eigenvalue weighted by Gasteiger charge is -2.10. The number of rotatable bonds is 4. The van der Waals surface area contributed by atoms with Crippen LogP contribution in [0.25, 0.3) is 0 Å². The van der Waals surface area contributed by atoms with Crippen molar-refractivity contribution in [2.24, 2.45) is 0 Å². The highest BCUT2D eigenvalue weighted by Gasteiger charge is 2.16. The van der Waals surface area contributed by atoms with Crippen molar-refractivity contribution in [3.8, 4) is 11.5 Å². The summed E-state index contributed by atoms with van der Waals surface area (Å²) in [6, 6.07) is 9.31. The van der Waals surface area contributed by atoms with Crippen LogP contribution in [0.3, 0.4) is 0 Å². The van der Waals surface area contributed by atoms with E-state index in [-0.39, 0.29) is 16.3 Å². The minimum atomic E-state index is -1.18. The van der Waals surface area contributed by atoms with Gasteiger partial charge in [0, 0.05) is 10.0 Å². The number of hydrogen-bond donors (Lipinski definition) is 1. The van der Waals surface area contributed by atoms with Crippen molar-refractivity contribution in [1.82, 2.24) is 0 Å². The smallest absolute Gasteiger partial charge is 0.341 e. The van der Waals surface area contributed by atoms with Gasteiger partial charge in [0.2, 0.25) is 0 Å². The number of carbonyl (C=O) groups is 2. The van der Waals surface area contributed by atoms with Gasteiger partial charge in [-0.05, 0) is 30.3 Å². The Labute approximate surface area is 128 Å². The molecule has 0 amide bonds. The maximum atomic E-state index is 11.2. The molecule has 0 saturated heterocycles. The van der Waals surface area contributed by atoms with Gasteiger partial charge in [-0.15, -0.1) is 0 Å². The lowest BCUT2D eigenvalue weighted by atomic mass is 10.2. The van der Waals surface area contributed by atoms with E-state index < -0.39 is 5.97 Å². The number of carbonyl (C=O) groups excluding carboxylic acids is 1. The number of carboxylic acid groups (broad SMARTS) is 1. The molecule has 0 atom stereocenters. The van der Waals surface area contributed by atoms with Gasteiger partial charge in [-0.3, -0.25) is 4.79 Å². The Balaban J connectivity index is 2.42. The number of carboxylic acids is 1. The third-order valence-electron chi connectivity index (χ3n) is 2.51. The standard InChI is InChI=1S/C14H8BrClO4/c15-10-5-4-9(6-8(10)7-17)20-12-3-1-2-11(16)13(12)14(18)19/h1-7H,(H,18,19). The monoisotopic (exact) mass is 354 g/mol. The van der Waals surface area contributed by atoms with Gasteiger partial charge in [-0.1, -0.05) is 33.6 Å². The van der Waals surface area contributed by atoms with Crippen LogP contribution >= 0.6 is 27.5 Å². The van der Waals surface area contributed by atoms with Gasteiger partial charge in [0.1, 0.15) is 17.1 Å². The second-order valence-electron chi connectivity index (χ2n) is 3.82. The molecule has 0 aliphatic heterocycles.